The van der Waals surface area contributed by atoms with Crippen LogP contribution < -0.4 is 10.0 Å². The normalized spacial score (nSPS) is 24.9. The van der Waals surface area contributed by atoms with Crippen molar-refractivity contribution in [2.75, 3.05) is 5.32 Å². The van der Waals surface area contributed by atoms with Crippen molar-refractivity contribution >= 4 is 26.5 Å². The molecule has 33 heavy (non-hydrogen) atoms. The number of rotatable bonds is 4. The topological polar surface area (TPSA) is 58.2 Å². The Hall–Kier alpha value is -2.63. The molecule has 3 aromatic rings. The lowest BCUT2D eigenvalue weighted by Gasteiger charge is -2.38. The van der Waals surface area contributed by atoms with Crippen molar-refractivity contribution in [2.45, 2.75) is 61.4 Å². The zero-order valence-corrected chi connectivity index (χ0v) is 19.5. The molecule has 5 heteroatoms. The average Bonchev–Trinajstić information content (AvgIpc) is 3.34. The molecule has 0 saturated heterocycles. The molecule has 4 nitrogen and oxygen atoms in total. The maximum absolute atomic E-state index is 13.2. The number of sulfonamides is 1. The minimum Gasteiger partial charge on any atom is -0.378 e. The number of benzene rings is 3. The van der Waals surface area contributed by atoms with Gasteiger partial charge in [-0.25, -0.2) is 13.1 Å². The summed E-state index contributed by atoms with van der Waals surface area (Å²) >= 11 is 0. The molecule has 170 valence electrons. The van der Waals surface area contributed by atoms with Gasteiger partial charge in [-0.05, 0) is 65.3 Å². The summed E-state index contributed by atoms with van der Waals surface area (Å²) in [5.41, 5.74) is 3.45. The van der Waals surface area contributed by atoms with Crippen LogP contribution in [0.5, 0.6) is 0 Å². The lowest BCUT2D eigenvalue weighted by Crippen LogP contribution is -2.36. The fraction of sp³-hybridized carbons (Fsp3) is 0.357. The Kier molecular flexibility index (Phi) is 5.27. The zero-order chi connectivity index (χ0) is 22.4. The summed E-state index contributed by atoms with van der Waals surface area (Å²) < 4.78 is 29.3. The summed E-state index contributed by atoms with van der Waals surface area (Å²) in [5, 5.41) is 6.31. The lowest BCUT2D eigenvalue weighted by molar-refractivity contribution is 0.412. The van der Waals surface area contributed by atoms with E-state index in [0.29, 0.717) is 10.8 Å². The molecule has 2 aliphatic carbocycles. The van der Waals surface area contributed by atoms with Crippen LogP contribution in [0.3, 0.4) is 0 Å². The van der Waals surface area contributed by atoms with E-state index in [1.165, 1.54) is 22.8 Å². The largest absolute Gasteiger partial charge is 0.378 e. The molecule has 6 rings (SSSR count). The van der Waals surface area contributed by atoms with E-state index in [-0.39, 0.29) is 18.0 Å². The molecule has 0 aromatic heterocycles. The summed E-state index contributed by atoms with van der Waals surface area (Å²) in [7, 11) is -3.52. The molecular formula is C28H30N2O2S. The van der Waals surface area contributed by atoms with Gasteiger partial charge in [-0.1, -0.05) is 73.9 Å². The minimum atomic E-state index is -3.52. The average molecular weight is 459 g/mol. The summed E-state index contributed by atoms with van der Waals surface area (Å²) in [6.07, 6.45) is 10.8. The Morgan fingerprint density at radius 2 is 1.70 bits per heavy atom. The van der Waals surface area contributed by atoms with Gasteiger partial charge in [0.25, 0.3) is 0 Å². The second-order valence-electron chi connectivity index (χ2n) is 9.75. The van der Waals surface area contributed by atoms with E-state index in [0.717, 1.165) is 43.4 Å². The predicted octanol–water partition coefficient (Wildman–Crippen LogP) is 6.28. The number of allylic oxidation sites excluding steroid dienone is 2. The van der Waals surface area contributed by atoms with Crippen molar-refractivity contribution in [2.24, 2.45) is 5.92 Å². The van der Waals surface area contributed by atoms with Crippen molar-refractivity contribution < 1.29 is 8.42 Å². The van der Waals surface area contributed by atoms with E-state index in [4.69, 9.17) is 0 Å². The second kappa shape index (κ2) is 8.30. The molecule has 1 aliphatic heterocycles. The highest BCUT2D eigenvalue weighted by Gasteiger charge is 2.39. The molecule has 0 radical (unpaired) electrons. The van der Waals surface area contributed by atoms with Crippen molar-refractivity contribution in [1.29, 1.82) is 0 Å². The van der Waals surface area contributed by atoms with Gasteiger partial charge in [-0.3, -0.25) is 0 Å². The Bertz CT molecular complexity index is 1320. The maximum atomic E-state index is 13.2. The van der Waals surface area contributed by atoms with Crippen LogP contribution in [-0.4, -0.2) is 14.5 Å². The Morgan fingerprint density at radius 3 is 2.58 bits per heavy atom. The second-order valence-corrected chi connectivity index (χ2v) is 11.5. The van der Waals surface area contributed by atoms with E-state index in [9.17, 15) is 8.42 Å². The standard InChI is InChI=1S/C28H30N2O2S/c31-33(32,30-20-10-2-1-3-11-20)21-16-17-27-26(18-21)23-13-7-15-25(23)28(29-27)24-14-6-9-19-8-4-5-12-22(19)24/h4-9,12-14,16-18,20,23,25,28-30H,1-3,10-11,15H2. The van der Waals surface area contributed by atoms with E-state index in [1.54, 1.807) is 6.07 Å². The molecule has 3 aromatic carbocycles. The van der Waals surface area contributed by atoms with Gasteiger partial charge < -0.3 is 5.32 Å². The lowest BCUT2D eigenvalue weighted by atomic mass is 9.76. The third-order valence-electron chi connectivity index (χ3n) is 7.73. The van der Waals surface area contributed by atoms with Crippen LogP contribution in [0.2, 0.25) is 0 Å². The summed E-state index contributed by atoms with van der Waals surface area (Å²) in [6, 6.07) is 21.0. The molecule has 0 amide bonds. The Labute approximate surface area is 196 Å². The smallest absolute Gasteiger partial charge is 0.240 e. The molecule has 2 N–H and O–H groups in total. The molecule has 1 saturated carbocycles. The summed E-state index contributed by atoms with van der Waals surface area (Å²) in [5.74, 6) is 0.586. The highest BCUT2D eigenvalue weighted by atomic mass is 32.2. The first-order valence-corrected chi connectivity index (χ1v) is 13.7. The van der Waals surface area contributed by atoms with Crippen LogP contribution in [0.25, 0.3) is 10.8 Å². The molecule has 1 fully saturated rings. The number of fused-ring (bicyclic) bond motifs is 4. The Morgan fingerprint density at radius 1 is 0.879 bits per heavy atom. The molecule has 3 unspecified atom stereocenters. The monoisotopic (exact) mass is 458 g/mol. The van der Waals surface area contributed by atoms with Crippen LogP contribution in [0.1, 0.15) is 61.6 Å². The number of hydrogen-bond donors (Lipinski definition) is 2. The first-order valence-electron chi connectivity index (χ1n) is 12.2. The SMILES string of the molecule is O=S(=O)(NC1CCCCC1)c1ccc2c(c1)C1C=CCC1C(c1cccc3ccccc13)N2. The van der Waals surface area contributed by atoms with Crippen LogP contribution in [0.15, 0.2) is 77.7 Å². The van der Waals surface area contributed by atoms with Gasteiger partial charge in [0.2, 0.25) is 10.0 Å². The van der Waals surface area contributed by atoms with E-state index in [1.807, 2.05) is 12.1 Å². The minimum absolute atomic E-state index is 0.0628. The zero-order valence-electron chi connectivity index (χ0n) is 18.7. The quantitative estimate of drug-likeness (QED) is 0.453. The molecule has 3 atom stereocenters. The summed E-state index contributed by atoms with van der Waals surface area (Å²) in [4.78, 5) is 0.385. The van der Waals surface area contributed by atoms with Crippen LogP contribution in [-0.2, 0) is 10.0 Å². The van der Waals surface area contributed by atoms with Crippen molar-refractivity contribution in [1.82, 2.24) is 4.72 Å². The molecular weight excluding hydrogens is 428 g/mol. The summed E-state index contributed by atoms with van der Waals surface area (Å²) in [6.45, 7) is 0. The molecule has 3 aliphatic rings. The Balaban J connectivity index is 1.36. The van der Waals surface area contributed by atoms with Crippen LogP contribution >= 0.6 is 0 Å². The maximum Gasteiger partial charge on any atom is 0.240 e. The van der Waals surface area contributed by atoms with Gasteiger partial charge in [-0.15, -0.1) is 0 Å². The third-order valence-corrected chi connectivity index (χ3v) is 9.25. The van der Waals surface area contributed by atoms with Gasteiger partial charge >= 0.3 is 0 Å². The molecule has 0 bridgehead atoms. The number of anilines is 1. The first-order chi connectivity index (χ1) is 16.1. The predicted molar refractivity (Wildman–Crippen MR) is 134 cm³/mol. The fourth-order valence-electron chi connectivity index (χ4n) is 6.08. The molecule has 1 heterocycles. The molecule has 0 spiro atoms. The van der Waals surface area contributed by atoms with Gasteiger partial charge in [-0.2, -0.15) is 0 Å². The highest BCUT2D eigenvalue weighted by Crippen LogP contribution is 2.51. The van der Waals surface area contributed by atoms with Crippen molar-refractivity contribution in [3.05, 3.63) is 83.9 Å². The number of hydrogen-bond acceptors (Lipinski definition) is 3. The van der Waals surface area contributed by atoms with E-state index >= 15 is 0 Å². The van der Waals surface area contributed by atoms with Crippen LogP contribution in [0, 0.1) is 5.92 Å². The van der Waals surface area contributed by atoms with Gasteiger partial charge in [0.15, 0.2) is 0 Å². The number of nitrogens with one attached hydrogen (secondary N) is 2. The van der Waals surface area contributed by atoms with E-state index in [2.05, 4.69) is 64.7 Å². The van der Waals surface area contributed by atoms with E-state index < -0.39 is 10.0 Å². The van der Waals surface area contributed by atoms with Crippen LogP contribution in [0.4, 0.5) is 5.69 Å². The van der Waals surface area contributed by atoms with Crippen molar-refractivity contribution in [3.63, 3.8) is 0 Å². The van der Waals surface area contributed by atoms with Crippen molar-refractivity contribution in [3.8, 4) is 0 Å². The fourth-order valence-corrected chi connectivity index (χ4v) is 7.42. The highest BCUT2D eigenvalue weighted by molar-refractivity contribution is 7.89. The third kappa shape index (κ3) is 3.77. The van der Waals surface area contributed by atoms with Gasteiger partial charge in [0, 0.05) is 17.6 Å². The van der Waals surface area contributed by atoms with Gasteiger partial charge in [0.1, 0.15) is 0 Å². The van der Waals surface area contributed by atoms with Gasteiger partial charge in [0.05, 0.1) is 10.9 Å². The first kappa shape index (κ1) is 20.9.